The maximum atomic E-state index is 12.1. The van der Waals surface area contributed by atoms with E-state index in [0.717, 1.165) is 33.5 Å². The van der Waals surface area contributed by atoms with E-state index in [0.29, 0.717) is 12.8 Å². The van der Waals surface area contributed by atoms with Gasteiger partial charge in [0.25, 0.3) is 0 Å². The van der Waals surface area contributed by atoms with Crippen molar-refractivity contribution in [3.8, 4) is 11.1 Å². The van der Waals surface area contributed by atoms with Gasteiger partial charge in [-0.2, -0.15) is 0 Å². The summed E-state index contributed by atoms with van der Waals surface area (Å²) in [6.07, 6.45) is 0.960. The number of hydrogen-bond donors (Lipinski definition) is 0. The highest BCUT2D eigenvalue weighted by molar-refractivity contribution is 6.24. The first-order valence-electron chi connectivity index (χ1n) is 8.34. The molecule has 0 aliphatic heterocycles. The zero-order valence-electron chi connectivity index (χ0n) is 13.7. The molecular weight excluding hydrogens is 310 g/mol. The molecule has 0 unspecified atom stereocenters. The molecule has 122 valence electrons. The summed E-state index contributed by atoms with van der Waals surface area (Å²) in [5.41, 5.74) is 6.08. The van der Waals surface area contributed by atoms with Gasteiger partial charge in [-0.05, 0) is 23.1 Å². The molecular formula is C22H17NO2. The van der Waals surface area contributed by atoms with Crippen LogP contribution in [0.4, 0.5) is 0 Å². The third-order valence-corrected chi connectivity index (χ3v) is 4.35. The average Bonchev–Trinajstić information content (AvgIpc) is 2.99. The smallest absolute Gasteiger partial charge is 0.318 e. The van der Waals surface area contributed by atoms with E-state index in [2.05, 4.69) is 17.3 Å². The summed E-state index contributed by atoms with van der Waals surface area (Å²) in [6.45, 7) is 0. The summed E-state index contributed by atoms with van der Waals surface area (Å²) >= 11 is 0. The van der Waals surface area contributed by atoms with Gasteiger partial charge in [0.05, 0.1) is 6.42 Å². The fourth-order valence-corrected chi connectivity index (χ4v) is 3.13. The second-order valence-corrected chi connectivity index (χ2v) is 5.98. The van der Waals surface area contributed by atoms with Crippen LogP contribution in [0.5, 0.6) is 0 Å². The van der Waals surface area contributed by atoms with Crippen LogP contribution in [-0.4, -0.2) is 11.7 Å². The molecule has 0 atom stereocenters. The molecule has 3 aromatic rings. The van der Waals surface area contributed by atoms with E-state index >= 15 is 0 Å². The lowest BCUT2D eigenvalue weighted by Crippen LogP contribution is -2.06. The Morgan fingerprint density at radius 1 is 0.720 bits per heavy atom. The Hall–Kier alpha value is -3.20. The molecule has 0 radical (unpaired) electrons. The van der Waals surface area contributed by atoms with Gasteiger partial charge >= 0.3 is 5.97 Å². The minimum Gasteiger partial charge on any atom is -0.318 e. The molecule has 25 heavy (non-hydrogen) atoms. The number of carbonyl (C=O) groups excluding carboxylic acids is 1. The molecule has 0 heterocycles. The number of aryl methyl sites for hydroxylation is 1. The molecule has 0 aromatic heterocycles. The second kappa shape index (κ2) is 6.73. The molecule has 4 rings (SSSR count). The maximum Gasteiger partial charge on any atom is 0.335 e. The predicted molar refractivity (Wildman–Crippen MR) is 98.4 cm³/mol. The fourth-order valence-electron chi connectivity index (χ4n) is 3.13. The van der Waals surface area contributed by atoms with Gasteiger partial charge in [-0.15, -0.1) is 0 Å². The van der Waals surface area contributed by atoms with Crippen molar-refractivity contribution in [2.45, 2.75) is 12.8 Å². The van der Waals surface area contributed by atoms with Crippen molar-refractivity contribution in [3.05, 3.63) is 95.6 Å². The normalized spacial score (nSPS) is 11.6. The first-order chi connectivity index (χ1) is 12.3. The van der Waals surface area contributed by atoms with Crippen LogP contribution in [0.3, 0.4) is 0 Å². The molecule has 3 aromatic carbocycles. The summed E-state index contributed by atoms with van der Waals surface area (Å²) in [6, 6.07) is 26.0. The molecule has 0 bridgehead atoms. The largest absolute Gasteiger partial charge is 0.335 e. The Balaban J connectivity index is 1.52. The highest BCUT2D eigenvalue weighted by atomic mass is 16.7. The van der Waals surface area contributed by atoms with E-state index in [1.807, 2.05) is 66.7 Å². The Bertz CT molecular complexity index is 898. The first-order valence-corrected chi connectivity index (χ1v) is 8.34. The molecule has 0 N–H and O–H groups in total. The standard InChI is InChI=1S/C22H17NO2/c24-21(15-14-16-8-2-1-3-9-16)25-23-22-19-12-6-4-10-17(19)18-11-5-7-13-20(18)22/h1-13H,14-15H2. The lowest BCUT2D eigenvalue weighted by atomic mass is 10.1. The van der Waals surface area contributed by atoms with Crippen LogP contribution in [0.2, 0.25) is 0 Å². The minimum absolute atomic E-state index is 0.310. The van der Waals surface area contributed by atoms with Gasteiger partial charge in [-0.3, -0.25) is 0 Å². The minimum atomic E-state index is -0.321. The van der Waals surface area contributed by atoms with Crippen LogP contribution < -0.4 is 0 Å². The van der Waals surface area contributed by atoms with Gasteiger partial charge in [0.2, 0.25) is 0 Å². The third-order valence-electron chi connectivity index (χ3n) is 4.35. The van der Waals surface area contributed by atoms with Crippen molar-refractivity contribution in [2.75, 3.05) is 0 Å². The van der Waals surface area contributed by atoms with E-state index in [9.17, 15) is 4.79 Å². The summed E-state index contributed by atoms with van der Waals surface area (Å²) in [5.74, 6) is -0.321. The van der Waals surface area contributed by atoms with E-state index < -0.39 is 0 Å². The molecule has 0 spiro atoms. The average molecular weight is 327 g/mol. The van der Waals surface area contributed by atoms with Crippen LogP contribution in [0.25, 0.3) is 11.1 Å². The van der Waals surface area contributed by atoms with Crippen molar-refractivity contribution < 1.29 is 9.63 Å². The highest BCUT2D eigenvalue weighted by Gasteiger charge is 2.24. The fraction of sp³-hybridized carbons (Fsp3) is 0.0909. The second-order valence-electron chi connectivity index (χ2n) is 5.98. The van der Waals surface area contributed by atoms with Crippen LogP contribution in [-0.2, 0) is 16.1 Å². The van der Waals surface area contributed by atoms with Crippen LogP contribution in [0.1, 0.15) is 23.1 Å². The summed E-state index contributed by atoms with van der Waals surface area (Å²) in [5, 5.41) is 4.19. The monoisotopic (exact) mass is 327 g/mol. The number of carbonyl (C=O) groups is 1. The van der Waals surface area contributed by atoms with Gasteiger partial charge in [0.15, 0.2) is 0 Å². The number of fused-ring (bicyclic) bond motifs is 3. The van der Waals surface area contributed by atoms with Gasteiger partial charge in [-0.1, -0.05) is 84.0 Å². The molecule has 0 amide bonds. The van der Waals surface area contributed by atoms with Gasteiger partial charge in [0, 0.05) is 11.1 Å². The molecule has 1 aliphatic rings. The van der Waals surface area contributed by atoms with Gasteiger partial charge in [-0.25, -0.2) is 4.79 Å². The molecule has 0 saturated heterocycles. The van der Waals surface area contributed by atoms with E-state index in [1.165, 1.54) is 0 Å². The Kier molecular flexibility index (Phi) is 4.13. The number of oxime groups is 1. The zero-order valence-corrected chi connectivity index (χ0v) is 13.7. The SMILES string of the molecule is O=C(CCc1ccccc1)ON=C1c2ccccc2-c2ccccc21. The Labute approximate surface area is 146 Å². The first kappa shape index (κ1) is 15.3. The van der Waals surface area contributed by atoms with Crippen molar-refractivity contribution in [1.29, 1.82) is 0 Å². The summed E-state index contributed by atoms with van der Waals surface area (Å²) < 4.78 is 0. The van der Waals surface area contributed by atoms with Crippen molar-refractivity contribution in [1.82, 2.24) is 0 Å². The molecule has 0 fully saturated rings. The van der Waals surface area contributed by atoms with E-state index in [1.54, 1.807) is 0 Å². The lowest BCUT2D eigenvalue weighted by Gasteiger charge is -2.02. The third kappa shape index (κ3) is 3.09. The lowest BCUT2D eigenvalue weighted by molar-refractivity contribution is -0.143. The number of nitrogens with zero attached hydrogens (tertiary/aromatic N) is 1. The highest BCUT2D eigenvalue weighted by Crippen LogP contribution is 2.36. The number of benzene rings is 3. The predicted octanol–water partition coefficient (Wildman–Crippen LogP) is 4.60. The number of rotatable bonds is 4. The Morgan fingerprint density at radius 2 is 1.24 bits per heavy atom. The van der Waals surface area contributed by atoms with Crippen molar-refractivity contribution in [3.63, 3.8) is 0 Å². The number of hydrogen-bond acceptors (Lipinski definition) is 3. The summed E-state index contributed by atoms with van der Waals surface area (Å²) in [4.78, 5) is 17.3. The topological polar surface area (TPSA) is 38.7 Å². The molecule has 0 saturated carbocycles. The molecule has 3 heteroatoms. The summed E-state index contributed by atoms with van der Waals surface area (Å²) in [7, 11) is 0. The van der Waals surface area contributed by atoms with Gasteiger partial charge in [0.1, 0.15) is 5.71 Å². The molecule has 3 nitrogen and oxygen atoms in total. The van der Waals surface area contributed by atoms with Crippen molar-refractivity contribution in [2.24, 2.45) is 5.16 Å². The van der Waals surface area contributed by atoms with E-state index in [-0.39, 0.29) is 5.97 Å². The van der Waals surface area contributed by atoms with Gasteiger partial charge < -0.3 is 4.84 Å². The maximum absolute atomic E-state index is 12.1. The van der Waals surface area contributed by atoms with Crippen molar-refractivity contribution >= 4 is 11.7 Å². The quantitative estimate of drug-likeness (QED) is 0.406. The Morgan fingerprint density at radius 3 is 1.84 bits per heavy atom. The zero-order chi connectivity index (χ0) is 17.1. The van der Waals surface area contributed by atoms with Crippen LogP contribution >= 0.6 is 0 Å². The van der Waals surface area contributed by atoms with E-state index in [4.69, 9.17) is 4.84 Å². The van der Waals surface area contributed by atoms with Crippen LogP contribution in [0.15, 0.2) is 84.0 Å². The molecule has 1 aliphatic carbocycles. The van der Waals surface area contributed by atoms with Crippen LogP contribution in [0, 0.1) is 0 Å².